The maximum atomic E-state index is 13.7. The zero-order chi connectivity index (χ0) is 15.0. The quantitative estimate of drug-likeness (QED) is 0.834. The molecule has 1 aliphatic rings. The number of rotatable bonds is 2. The van der Waals surface area contributed by atoms with E-state index < -0.39 is 17.5 Å². The maximum absolute atomic E-state index is 13.7. The largest absolute Gasteiger partial charge is 0.396 e. The Morgan fingerprint density at radius 3 is 2.33 bits per heavy atom. The van der Waals surface area contributed by atoms with Gasteiger partial charge in [0.15, 0.2) is 0 Å². The SMILES string of the molecule is Nc1cc(C(=O)NC2Cc3ccccc3C2)c(F)cc1F. The molecule has 1 amide bonds. The van der Waals surface area contributed by atoms with E-state index in [4.69, 9.17) is 5.73 Å². The van der Waals surface area contributed by atoms with Crippen LogP contribution in [0.5, 0.6) is 0 Å². The van der Waals surface area contributed by atoms with Gasteiger partial charge in [-0.25, -0.2) is 8.78 Å². The third-order valence-electron chi connectivity index (χ3n) is 3.72. The third-order valence-corrected chi connectivity index (χ3v) is 3.72. The molecule has 0 fully saturated rings. The van der Waals surface area contributed by atoms with Crippen molar-refractivity contribution in [1.29, 1.82) is 0 Å². The van der Waals surface area contributed by atoms with Crippen LogP contribution in [0.2, 0.25) is 0 Å². The predicted molar refractivity (Wildman–Crippen MR) is 75.9 cm³/mol. The van der Waals surface area contributed by atoms with Crippen molar-refractivity contribution in [3.05, 3.63) is 64.7 Å². The average Bonchev–Trinajstić information content (AvgIpc) is 2.84. The normalized spacial score (nSPS) is 14.0. The van der Waals surface area contributed by atoms with Crippen LogP contribution >= 0.6 is 0 Å². The number of hydrogen-bond donors (Lipinski definition) is 2. The van der Waals surface area contributed by atoms with Gasteiger partial charge < -0.3 is 11.1 Å². The second-order valence-corrected chi connectivity index (χ2v) is 5.20. The molecule has 0 radical (unpaired) electrons. The van der Waals surface area contributed by atoms with Gasteiger partial charge in [0.25, 0.3) is 5.91 Å². The monoisotopic (exact) mass is 288 g/mol. The molecule has 0 saturated heterocycles. The van der Waals surface area contributed by atoms with Crippen LogP contribution in [0.25, 0.3) is 0 Å². The molecule has 3 N–H and O–H groups in total. The minimum atomic E-state index is -0.908. The van der Waals surface area contributed by atoms with E-state index in [0.717, 1.165) is 6.07 Å². The summed E-state index contributed by atoms with van der Waals surface area (Å²) in [7, 11) is 0. The van der Waals surface area contributed by atoms with Gasteiger partial charge in [-0.2, -0.15) is 0 Å². The molecule has 3 rings (SSSR count). The number of anilines is 1. The molecule has 21 heavy (non-hydrogen) atoms. The summed E-state index contributed by atoms with van der Waals surface area (Å²) in [5.74, 6) is -2.34. The minimum Gasteiger partial charge on any atom is -0.396 e. The summed E-state index contributed by atoms with van der Waals surface area (Å²) >= 11 is 0. The zero-order valence-electron chi connectivity index (χ0n) is 11.2. The fraction of sp³-hybridized carbons (Fsp3) is 0.188. The van der Waals surface area contributed by atoms with Crippen molar-refractivity contribution in [2.24, 2.45) is 0 Å². The van der Waals surface area contributed by atoms with Gasteiger partial charge in [0, 0.05) is 12.1 Å². The lowest BCUT2D eigenvalue weighted by Gasteiger charge is -2.13. The molecule has 0 spiro atoms. The van der Waals surface area contributed by atoms with Gasteiger partial charge in [-0.05, 0) is 30.0 Å². The van der Waals surface area contributed by atoms with E-state index in [2.05, 4.69) is 5.32 Å². The molecule has 1 aliphatic carbocycles. The molecule has 0 heterocycles. The van der Waals surface area contributed by atoms with Gasteiger partial charge in [0.1, 0.15) is 11.6 Å². The summed E-state index contributed by atoms with van der Waals surface area (Å²) in [5.41, 5.74) is 7.28. The summed E-state index contributed by atoms with van der Waals surface area (Å²) in [6.07, 6.45) is 1.42. The maximum Gasteiger partial charge on any atom is 0.254 e. The first-order valence-corrected chi connectivity index (χ1v) is 6.67. The number of nitrogen functional groups attached to an aromatic ring is 1. The van der Waals surface area contributed by atoms with Gasteiger partial charge >= 0.3 is 0 Å². The number of benzene rings is 2. The Kier molecular flexibility index (Phi) is 3.33. The number of nitrogens with two attached hydrogens (primary N) is 1. The summed E-state index contributed by atoms with van der Waals surface area (Å²) in [6, 6.07) is 9.50. The van der Waals surface area contributed by atoms with Crippen molar-refractivity contribution in [3.8, 4) is 0 Å². The molecule has 2 aromatic carbocycles. The Balaban J connectivity index is 1.75. The molecule has 0 aliphatic heterocycles. The van der Waals surface area contributed by atoms with Crippen LogP contribution in [0.15, 0.2) is 36.4 Å². The Morgan fingerprint density at radius 2 is 1.71 bits per heavy atom. The lowest BCUT2D eigenvalue weighted by Crippen LogP contribution is -2.35. The number of fused-ring (bicyclic) bond motifs is 1. The van der Waals surface area contributed by atoms with Crippen LogP contribution in [0.1, 0.15) is 21.5 Å². The lowest BCUT2D eigenvalue weighted by atomic mass is 10.1. The molecule has 0 aromatic heterocycles. The lowest BCUT2D eigenvalue weighted by molar-refractivity contribution is 0.0934. The fourth-order valence-electron chi connectivity index (χ4n) is 2.66. The highest BCUT2D eigenvalue weighted by Crippen LogP contribution is 2.22. The first kappa shape index (κ1) is 13.5. The molecule has 0 unspecified atom stereocenters. The van der Waals surface area contributed by atoms with E-state index in [1.54, 1.807) is 0 Å². The summed E-state index contributed by atoms with van der Waals surface area (Å²) in [4.78, 5) is 12.1. The number of amides is 1. The Hall–Kier alpha value is -2.43. The molecular weight excluding hydrogens is 274 g/mol. The summed E-state index contributed by atoms with van der Waals surface area (Å²) < 4.78 is 26.8. The van der Waals surface area contributed by atoms with Crippen molar-refractivity contribution in [3.63, 3.8) is 0 Å². The topological polar surface area (TPSA) is 55.1 Å². The molecule has 2 aromatic rings. The Bertz CT molecular complexity index is 690. The van der Waals surface area contributed by atoms with E-state index in [1.807, 2.05) is 24.3 Å². The first-order chi connectivity index (χ1) is 10.0. The van der Waals surface area contributed by atoms with Gasteiger partial charge in [-0.3, -0.25) is 4.79 Å². The molecule has 3 nitrogen and oxygen atoms in total. The molecule has 0 saturated carbocycles. The van der Waals surface area contributed by atoms with Crippen LogP contribution in [0.4, 0.5) is 14.5 Å². The predicted octanol–water partition coefficient (Wildman–Crippen LogP) is 2.44. The average molecular weight is 288 g/mol. The van der Waals surface area contributed by atoms with Gasteiger partial charge in [0.05, 0.1) is 11.3 Å². The van der Waals surface area contributed by atoms with Crippen LogP contribution < -0.4 is 11.1 Å². The van der Waals surface area contributed by atoms with Gasteiger partial charge in [-0.1, -0.05) is 24.3 Å². The Morgan fingerprint density at radius 1 is 1.10 bits per heavy atom. The van der Waals surface area contributed by atoms with Gasteiger partial charge in [-0.15, -0.1) is 0 Å². The van der Waals surface area contributed by atoms with Crippen LogP contribution in [-0.2, 0) is 12.8 Å². The highest BCUT2D eigenvalue weighted by molar-refractivity contribution is 5.95. The number of halogens is 2. The van der Waals surface area contributed by atoms with Crippen molar-refractivity contribution in [2.45, 2.75) is 18.9 Å². The van der Waals surface area contributed by atoms with E-state index in [0.29, 0.717) is 18.9 Å². The fourth-order valence-corrected chi connectivity index (χ4v) is 2.66. The van der Waals surface area contributed by atoms with E-state index >= 15 is 0 Å². The molecule has 0 bridgehead atoms. The molecule has 108 valence electrons. The Labute approximate surface area is 120 Å². The first-order valence-electron chi connectivity index (χ1n) is 6.67. The molecule has 0 atom stereocenters. The zero-order valence-corrected chi connectivity index (χ0v) is 11.2. The minimum absolute atomic E-state index is 0.0828. The number of carbonyl (C=O) groups is 1. The summed E-state index contributed by atoms with van der Waals surface area (Å²) in [6.45, 7) is 0. The number of nitrogens with one attached hydrogen (secondary N) is 1. The second-order valence-electron chi connectivity index (χ2n) is 5.20. The van der Waals surface area contributed by atoms with Crippen LogP contribution in [0.3, 0.4) is 0 Å². The highest BCUT2D eigenvalue weighted by atomic mass is 19.1. The molecular formula is C16H14F2N2O. The number of carbonyl (C=O) groups excluding carboxylic acids is 1. The summed E-state index contributed by atoms with van der Waals surface area (Å²) in [5, 5.41) is 2.77. The van der Waals surface area contributed by atoms with Crippen LogP contribution in [0, 0.1) is 11.6 Å². The molecule has 5 heteroatoms. The number of hydrogen-bond acceptors (Lipinski definition) is 2. The highest BCUT2D eigenvalue weighted by Gasteiger charge is 2.24. The van der Waals surface area contributed by atoms with E-state index in [9.17, 15) is 13.6 Å². The van der Waals surface area contributed by atoms with Crippen molar-refractivity contribution < 1.29 is 13.6 Å². The van der Waals surface area contributed by atoms with E-state index in [-0.39, 0.29) is 17.3 Å². The third kappa shape index (κ3) is 2.59. The second kappa shape index (κ2) is 5.16. The van der Waals surface area contributed by atoms with Gasteiger partial charge in [0.2, 0.25) is 0 Å². The van der Waals surface area contributed by atoms with Crippen LogP contribution in [-0.4, -0.2) is 11.9 Å². The van der Waals surface area contributed by atoms with Crippen molar-refractivity contribution in [2.75, 3.05) is 5.73 Å². The van der Waals surface area contributed by atoms with Crippen molar-refractivity contribution in [1.82, 2.24) is 5.32 Å². The van der Waals surface area contributed by atoms with E-state index in [1.165, 1.54) is 11.1 Å². The van der Waals surface area contributed by atoms with Crippen molar-refractivity contribution >= 4 is 11.6 Å². The standard InChI is InChI=1S/C16H14F2N2O/c17-13-8-14(18)15(19)7-12(13)16(21)20-11-5-9-3-1-2-4-10(9)6-11/h1-4,7-8,11H,5-6,19H2,(H,20,21). The smallest absolute Gasteiger partial charge is 0.254 e.